The molecule has 1 aromatic carbocycles. The number of aromatic nitrogens is 8. The third kappa shape index (κ3) is 28.0. The van der Waals surface area contributed by atoms with Gasteiger partial charge in [0.05, 0.1) is 128 Å². The molecule has 2 amide bonds. The number of aliphatic hydroxyl groups excluding tert-OH is 2. The maximum Gasteiger partial charge on any atom is 0.329 e. The predicted octanol–water partition coefficient (Wildman–Crippen LogP) is 7.82. The molecule has 4 aromatic heterocycles. The van der Waals surface area contributed by atoms with Crippen LogP contribution in [0.4, 0.5) is 6.01 Å². The number of amides is 2. The van der Waals surface area contributed by atoms with Gasteiger partial charge in [0, 0.05) is 102 Å². The number of likely N-dealkylation sites (tertiary alicyclic amines) is 1. The zero-order valence-corrected chi connectivity index (χ0v) is 71.9. The van der Waals surface area contributed by atoms with E-state index < -0.39 is 95.4 Å². The van der Waals surface area contributed by atoms with E-state index in [-0.39, 0.29) is 67.3 Å². The first-order valence-electron chi connectivity index (χ1n) is 43.4. The fourth-order valence-corrected chi connectivity index (χ4v) is 16.7. The largest absolute Gasteiger partial charge is 0.459 e. The van der Waals surface area contributed by atoms with Gasteiger partial charge in [-0.2, -0.15) is 10.1 Å². The fraction of sp³-hybridized carbons (Fsp3) is 0.682. The molecule has 3 saturated heterocycles. The van der Waals surface area contributed by atoms with Crippen molar-refractivity contribution in [2.24, 2.45) is 41.2 Å². The lowest BCUT2D eigenvalue weighted by molar-refractivity contribution is -0.265. The Kier molecular flexibility index (Phi) is 38.0. The molecule has 4 fully saturated rings. The summed E-state index contributed by atoms with van der Waals surface area (Å²) in [5.74, 6) is -8.47. The summed E-state index contributed by atoms with van der Waals surface area (Å²) in [4.78, 5) is 101. The number of carbonyl (C=O) groups is 6. The number of piperidine rings is 2. The van der Waals surface area contributed by atoms with Gasteiger partial charge < -0.3 is 93.1 Å². The number of Topliss-reactive ketones (excluding diaryl/α,β-unsaturated/α-hetero) is 3. The number of oxazole rings is 1. The number of rotatable bonds is 35. The number of aliphatic hydroxyl groups is 3. The standard InChI is InChI=1S/C88H130N12O21/c1-57-16-10-9-11-17-58(2)75(110-7)51-67-23-20-62(6)88(109,121-67)83(106)85(107)99-29-14-12-19-71(99)86(108)119-76(52-72(101)59(3)47-61(5)81(104)82(105)80(103)60(4)46-57)69(89)48-64-21-24-74(77(49-64)111-8)118-33-15-13-18-66-55-98(96-94-66)32-35-113-37-39-115-41-43-117-45-44-116-42-40-114-38-36-112-34-28-78(102)97-30-26-63(27-31-97)54-100-84-68(53-91-56-92-84)79(95-100)65-22-25-73-70(50-65)93-87(90)120-73/h9-11,16-17,22,25,47,50,53,55-57,59-60,62-64,67,69,71,74-77,81-82,104-105,109H,12-15,18-21,23-24,26-46,48-49,51-52,54,89H2,1-8H3,(H2,90,93)/b11-9?,16-10+,58-17?,61-47+/t57-,59-,60-,62-,64+,67+,69-,71+,74-,75+,76+,77-,81-,82+,88-/m1/s1. The molecule has 4 aliphatic heterocycles. The van der Waals surface area contributed by atoms with Crippen LogP contribution in [0.15, 0.2) is 88.9 Å². The van der Waals surface area contributed by atoms with Crippen molar-refractivity contribution in [3.05, 3.63) is 90.2 Å². The third-order valence-electron chi connectivity index (χ3n) is 24.0. The van der Waals surface area contributed by atoms with E-state index in [1.54, 1.807) is 45.9 Å². The van der Waals surface area contributed by atoms with Gasteiger partial charge in [0.2, 0.25) is 11.7 Å². The van der Waals surface area contributed by atoms with Gasteiger partial charge >= 0.3 is 5.97 Å². The summed E-state index contributed by atoms with van der Waals surface area (Å²) in [5, 5.41) is 49.1. The second-order valence-electron chi connectivity index (χ2n) is 33.1. The van der Waals surface area contributed by atoms with Crippen LogP contribution in [0.25, 0.3) is 33.4 Å². The Morgan fingerprint density at radius 3 is 2.17 bits per heavy atom. The van der Waals surface area contributed by atoms with Crippen molar-refractivity contribution in [1.82, 2.24) is 49.5 Å². The topological polar surface area (TPSA) is 423 Å². The van der Waals surface area contributed by atoms with E-state index in [4.69, 9.17) is 73.1 Å². The van der Waals surface area contributed by atoms with Crippen molar-refractivity contribution in [2.75, 3.05) is 125 Å². The normalized spacial score (nSPS) is 27.5. The zero-order chi connectivity index (χ0) is 86.4. The number of unbranched alkanes of at least 4 members (excludes halogenated alkanes) is 1. The Hall–Kier alpha value is -8.00. The number of aryl methyl sites for hydroxylation is 1. The molecule has 33 heteroatoms. The van der Waals surface area contributed by atoms with Crippen molar-refractivity contribution in [2.45, 2.75) is 231 Å². The molecule has 668 valence electrons. The van der Waals surface area contributed by atoms with Crippen LogP contribution < -0.4 is 11.5 Å². The summed E-state index contributed by atoms with van der Waals surface area (Å²) in [7, 11) is 3.20. The smallest absolute Gasteiger partial charge is 0.329 e. The molecule has 15 atom stereocenters. The first-order chi connectivity index (χ1) is 58.4. The number of ether oxygens (including phenoxy) is 11. The van der Waals surface area contributed by atoms with Crippen LogP contribution in [0, 0.1) is 35.5 Å². The number of esters is 1. The van der Waals surface area contributed by atoms with Gasteiger partial charge in [-0.3, -0.25) is 24.0 Å². The summed E-state index contributed by atoms with van der Waals surface area (Å²) in [5.41, 5.74) is 18.4. The van der Waals surface area contributed by atoms with Gasteiger partial charge in [-0.1, -0.05) is 69.4 Å². The van der Waals surface area contributed by atoms with Crippen LogP contribution in [-0.2, 0) is 100 Å². The SMILES string of the molecule is CO[C@H]1C[C@@H]2CC[C@@H](C)[C@@](O)(O2)C(=O)C(=O)N2CCCC[C@H]2C(=O)O[C@H]([C@H](N)C[C@@H]2CC[C@@H](OCCCCc3cn(CCOCCOCCOCCOCCOCCOCCC(=O)N4CCC(Cn5nc(-c6ccc7oc(N)nc7c6)c6cncnc65)CC4)nn3)[C@H](OC)C2)CC(=O)[C@H](C)/C=C(\C)[C@@H](O)[C@@H](O)C(=O)[C@H](C)C[C@H](C)/C=C/C=CC=C1C. The van der Waals surface area contributed by atoms with Crippen LogP contribution in [-0.4, -0.2) is 280 Å². The highest BCUT2D eigenvalue weighted by atomic mass is 16.6. The Morgan fingerprint density at radius 2 is 1.45 bits per heavy atom. The second-order valence-corrected chi connectivity index (χ2v) is 33.1. The maximum absolute atomic E-state index is 14.7. The van der Waals surface area contributed by atoms with Crippen molar-refractivity contribution in [3.8, 4) is 11.3 Å². The lowest BCUT2D eigenvalue weighted by Crippen LogP contribution is -2.61. The third-order valence-corrected chi connectivity index (χ3v) is 24.0. The number of nitrogens with two attached hydrogens (primary N) is 2. The minimum absolute atomic E-state index is 0.0266. The van der Waals surface area contributed by atoms with E-state index in [0.29, 0.717) is 200 Å². The van der Waals surface area contributed by atoms with Gasteiger partial charge in [-0.05, 0) is 157 Å². The number of benzene rings is 1. The number of anilines is 1. The predicted molar refractivity (Wildman–Crippen MR) is 447 cm³/mol. The number of hydrogen-bond donors (Lipinski definition) is 5. The molecule has 5 aliphatic rings. The summed E-state index contributed by atoms with van der Waals surface area (Å²) in [6.45, 7) is 18.4. The maximum atomic E-state index is 14.7. The Bertz CT molecular complexity index is 4230. The molecule has 1 aliphatic carbocycles. The van der Waals surface area contributed by atoms with Crippen molar-refractivity contribution in [3.63, 3.8) is 0 Å². The van der Waals surface area contributed by atoms with Gasteiger partial charge in [-0.25, -0.2) is 24.1 Å². The van der Waals surface area contributed by atoms with Gasteiger partial charge in [-0.15, -0.1) is 5.10 Å². The molecule has 0 radical (unpaired) electrons. The molecule has 10 rings (SSSR count). The van der Waals surface area contributed by atoms with E-state index in [1.807, 2.05) is 78.2 Å². The second kappa shape index (κ2) is 48.3. The molecule has 5 aromatic rings. The molecular formula is C88H130N12O21. The summed E-state index contributed by atoms with van der Waals surface area (Å²) < 4.78 is 74.0. The lowest BCUT2D eigenvalue weighted by Gasteiger charge is -2.42. The number of ketones is 3. The molecule has 1 saturated carbocycles. The first-order valence-corrected chi connectivity index (χ1v) is 43.4. The number of hydrogen-bond acceptors (Lipinski definition) is 29. The summed E-state index contributed by atoms with van der Waals surface area (Å²) in [6.07, 6.45) is 18.9. The van der Waals surface area contributed by atoms with E-state index in [9.17, 15) is 44.1 Å². The highest BCUT2D eigenvalue weighted by Gasteiger charge is 2.53. The highest BCUT2D eigenvalue weighted by Crippen LogP contribution is 2.39. The minimum Gasteiger partial charge on any atom is -0.459 e. The van der Waals surface area contributed by atoms with Crippen LogP contribution in [0.5, 0.6) is 0 Å². The number of allylic oxidation sites excluding steroid dienone is 6. The number of fused-ring (bicyclic) bond motifs is 5. The quantitative estimate of drug-likeness (QED) is 0.0112. The van der Waals surface area contributed by atoms with Crippen LogP contribution in [0.3, 0.4) is 0 Å². The lowest BCUT2D eigenvalue weighted by atomic mass is 9.80. The minimum atomic E-state index is -2.49. The number of nitrogen functional groups attached to an aromatic ring is 1. The monoisotopic (exact) mass is 1690 g/mol. The van der Waals surface area contributed by atoms with E-state index in [2.05, 4.69) is 25.3 Å². The molecular weight excluding hydrogens is 1560 g/mol. The average molecular weight is 1690 g/mol. The van der Waals surface area contributed by atoms with Crippen molar-refractivity contribution < 1.29 is 101 Å². The molecule has 0 unspecified atom stereocenters. The van der Waals surface area contributed by atoms with Crippen LogP contribution >= 0.6 is 0 Å². The van der Waals surface area contributed by atoms with Gasteiger partial charge in [0.25, 0.3) is 17.7 Å². The highest BCUT2D eigenvalue weighted by molar-refractivity contribution is 6.39. The average Bonchev–Trinajstić information content (AvgIpc) is 1.01. The van der Waals surface area contributed by atoms with E-state index >= 15 is 0 Å². The van der Waals surface area contributed by atoms with Crippen molar-refractivity contribution >= 4 is 63.3 Å². The number of nitrogens with zero attached hydrogens (tertiary/aromatic N) is 10. The van der Waals surface area contributed by atoms with Crippen LogP contribution in [0.2, 0.25) is 0 Å². The fourth-order valence-electron chi connectivity index (χ4n) is 16.7. The summed E-state index contributed by atoms with van der Waals surface area (Å²) >= 11 is 0. The number of carbonyl (C=O) groups excluding carboxylic acids is 6. The van der Waals surface area contributed by atoms with Gasteiger partial charge in [0.1, 0.15) is 47.7 Å². The molecule has 121 heavy (non-hydrogen) atoms. The molecule has 0 spiro atoms. The zero-order valence-electron chi connectivity index (χ0n) is 71.9. The molecule has 33 nitrogen and oxygen atoms in total. The van der Waals surface area contributed by atoms with E-state index in [0.717, 1.165) is 64.1 Å². The Morgan fingerprint density at radius 1 is 0.744 bits per heavy atom. The molecule has 7 N–H and O–H groups in total. The number of methoxy groups -OCH3 is 2. The summed E-state index contributed by atoms with van der Waals surface area (Å²) in [6, 6.07) is 3.65. The Balaban J connectivity index is 0.570. The van der Waals surface area contributed by atoms with Crippen molar-refractivity contribution in [1.29, 1.82) is 0 Å². The van der Waals surface area contributed by atoms with Crippen LogP contribution in [0.1, 0.15) is 156 Å². The number of cyclic esters (lactones) is 1. The van der Waals surface area contributed by atoms with Gasteiger partial charge in [0.15, 0.2) is 17.0 Å². The van der Waals surface area contributed by atoms with E-state index in [1.165, 1.54) is 19.3 Å². The molecule has 2 bridgehead atoms. The first kappa shape index (κ1) is 95.2. The molecule has 8 heterocycles. The Labute approximate surface area is 709 Å².